The summed E-state index contributed by atoms with van der Waals surface area (Å²) in [6.45, 7) is 7.63. The lowest BCUT2D eigenvalue weighted by molar-refractivity contribution is -0.149. The maximum atomic E-state index is 14.1. The van der Waals surface area contributed by atoms with Crippen molar-refractivity contribution in [2.45, 2.75) is 58.2 Å². The van der Waals surface area contributed by atoms with Gasteiger partial charge in [-0.1, -0.05) is 42.3 Å². The number of likely N-dealkylation sites (tertiary alicyclic amines) is 2. The first-order chi connectivity index (χ1) is 34.2. The van der Waals surface area contributed by atoms with Crippen molar-refractivity contribution < 1.29 is 57.0 Å². The molecule has 2 aromatic heterocycles. The minimum atomic E-state index is -1.000. The fourth-order valence-corrected chi connectivity index (χ4v) is 9.23. The van der Waals surface area contributed by atoms with Crippen LogP contribution in [-0.4, -0.2) is 131 Å². The third-order valence-electron chi connectivity index (χ3n) is 11.5. The Hall–Kier alpha value is -6.55. The SMILES string of the molecule is COc1c(OCC(CN2CCCC2)OC(C)=O)cc2nc(F)nc(Br)c2c1Nc1ccccc1O.COc1c(OCC(CN2CCCCC2)OC(C)=O)cc2nc(F)nc(Cl)c2c1Nc1ccccc1O. The van der Waals surface area contributed by atoms with E-state index in [1.165, 1.54) is 52.7 Å². The topological polar surface area (TPSA) is 212 Å². The number of carbonyl (C=O) groups is 2. The summed E-state index contributed by atoms with van der Waals surface area (Å²) in [5.74, 6) is 0.207. The molecule has 4 heterocycles. The highest BCUT2D eigenvalue weighted by molar-refractivity contribution is 9.10. The molecule has 2 aliphatic heterocycles. The van der Waals surface area contributed by atoms with Crippen LogP contribution in [0.2, 0.25) is 5.15 Å². The van der Waals surface area contributed by atoms with Gasteiger partial charge < -0.3 is 49.3 Å². The van der Waals surface area contributed by atoms with Crippen LogP contribution in [0.1, 0.15) is 46.0 Å². The Morgan fingerprint density at radius 1 is 0.676 bits per heavy atom. The van der Waals surface area contributed by atoms with Gasteiger partial charge in [0, 0.05) is 39.1 Å². The number of hydrogen-bond acceptors (Lipinski definition) is 18. The molecule has 378 valence electrons. The number of phenolic OH excluding ortho intramolecular Hbond substituents is 2. The number of esters is 2. The van der Waals surface area contributed by atoms with Gasteiger partial charge in [0.05, 0.1) is 58.8 Å². The number of methoxy groups -OCH3 is 2. The van der Waals surface area contributed by atoms with Gasteiger partial charge in [-0.2, -0.15) is 18.7 Å². The van der Waals surface area contributed by atoms with Gasteiger partial charge in [0.25, 0.3) is 0 Å². The lowest BCUT2D eigenvalue weighted by Crippen LogP contribution is -2.40. The van der Waals surface area contributed by atoms with Crippen LogP contribution in [0, 0.1) is 12.2 Å². The molecule has 0 bridgehead atoms. The van der Waals surface area contributed by atoms with Crippen molar-refractivity contribution in [3.05, 3.63) is 82.6 Å². The number of fused-ring (bicyclic) bond motifs is 2. The maximum absolute atomic E-state index is 14.1. The predicted molar refractivity (Wildman–Crippen MR) is 266 cm³/mol. The molecule has 6 aromatic rings. The molecule has 2 saturated heterocycles. The first-order valence-corrected chi connectivity index (χ1v) is 24.0. The van der Waals surface area contributed by atoms with Crippen molar-refractivity contribution in [3.8, 4) is 34.5 Å². The summed E-state index contributed by atoms with van der Waals surface area (Å²) in [6.07, 6.45) is 2.64. The summed E-state index contributed by atoms with van der Waals surface area (Å²) in [5.41, 5.74) is 1.83. The highest BCUT2D eigenvalue weighted by atomic mass is 79.9. The minimum Gasteiger partial charge on any atom is -0.506 e. The summed E-state index contributed by atoms with van der Waals surface area (Å²) >= 11 is 9.60. The Morgan fingerprint density at radius 2 is 1.10 bits per heavy atom. The zero-order valence-electron chi connectivity index (χ0n) is 39.5. The van der Waals surface area contributed by atoms with Crippen LogP contribution >= 0.6 is 27.5 Å². The number of aromatic hydroxyl groups is 2. The smallest absolute Gasteiger partial charge is 0.310 e. The van der Waals surface area contributed by atoms with Gasteiger partial charge in [-0.15, -0.1) is 0 Å². The van der Waals surface area contributed by atoms with Gasteiger partial charge in [0.1, 0.15) is 46.7 Å². The number of benzene rings is 4. The first kappa shape index (κ1) is 52.3. The second-order valence-electron chi connectivity index (χ2n) is 16.7. The number of nitrogens with one attached hydrogen (secondary N) is 2. The minimum absolute atomic E-state index is 0.00807. The highest BCUT2D eigenvalue weighted by Gasteiger charge is 2.27. The normalized spacial score (nSPS) is 14.8. The van der Waals surface area contributed by atoms with Crippen molar-refractivity contribution in [2.24, 2.45) is 0 Å². The van der Waals surface area contributed by atoms with Crippen LogP contribution in [0.15, 0.2) is 65.3 Å². The van der Waals surface area contributed by atoms with Crippen molar-refractivity contribution in [1.82, 2.24) is 29.7 Å². The van der Waals surface area contributed by atoms with Crippen molar-refractivity contribution in [1.29, 1.82) is 0 Å². The quantitative estimate of drug-likeness (QED) is 0.0274. The average Bonchev–Trinajstić information content (AvgIpc) is 3.84. The number of phenols is 2. The molecule has 71 heavy (non-hydrogen) atoms. The maximum Gasteiger partial charge on any atom is 0.310 e. The van der Waals surface area contributed by atoms with Gasteiger partial charge in [-0.05, 0) is 92.1 Å². The standard InChI is InChI=1S/C25H28ClFN4O5.C24H26BrFN4O5/c1-15(32)36-16(13-31-10-6-3-7-11-31)14-35-20-12-18-21(24(26)30-25(27)29-18)22(23(20)34-2)28-17-8-4-5-9-19(17)33;1-14(31)35-15(12-30-9-5-6-10-30)13-34-19-11-17-20(23(25)29-24(26)28-17)21(22(19)33-2)27-16-7-3-4-8-18(16)32/h4-5,8-9,12,16,28,33H,3,6-7,10-11,13-14H2,1-2H3;3-4,7-8,11,15,27,32H,5-6,9-10,12-13H2,1-2H3. The number of anilines is 4. The number of piperidine rings is 1. The van der Waals surface area contributed by atoms with E-state index in [9.17, 15) is 28.6 Å². The van der Waals surface area contributed by atoms with Gasteiger partial charge in [-0.3, -0.25) is 19.4 Å². The molecular formula is C49H54BrClF2N8O10. The van der Waals surface area contributed by atoms with E-state index >= 15 is 0 Å². The molecule has 2 fully saturated rings. The second kappa shape index (κ2) is 24.5. The number of aromatic nitrogens is 4. The van der Waals surface area contributed by atoms with Crippen LogP contribution in [0.4, 0.5) is 31.5 Å². The zero-order chi connectivity index (χ0) is 50.6. The second-order valence-corrected chi connectivity index (χ2v) is 17.8. The molecule has 22 heteroatoms. The monoisotopic (exact) mass is 1070 g/mol. The summed E-state index contributed by atoms with van der Waals surface area (Å²) in [5, 5.41) is 27.4. The molecule has 2 atom stereocenters. The Bertz CT molecular complexity index is 2840. The number of nitrogens with zero attached hydrogens (tertiary/aromatic N) is 6. The predicted octanol–water partition coefficient (Wildman–Crippen LogP) is 9.07. The average molecular weight is 1070 g/mol. The molecule has 4 N–H and O–H groups in total. The molecule has 4 aromatic carbocycles. The summed E-state index contributed by atoms with van der Waals surface area (Å²) in [7, 11) is 2.91. The van der Waals surface area contributed by atoms with Gasteiger partial charge in [0.15, 0.2) is 23.0 Å². The Balaban J connectivity index is 0.000000209. The van der Waals surface area contributed by atoms with E-state index in [1.54, 1.807) is 42.5 Å². The van der Waals surface area contributed by atoms with E-state index in [-0.39, 0.29) is 73.8 Å². The number of para-hydroxylation sites is 4. The molecule has 0 radical (unpaired) electrons. The number of carbonyl (C=O) groups excluding carboxylic acids is 2. The van der Waals surface area contributed by atoms with Crippen molar-refractivity contribution >= 4 is 84.0 Å². The lowest BCUT2D eigenvalue weighted by Gasteiger charge is -2.30. The van der Waals surface area contributed by atoms with Crippen LogP contribution < -0.4 is 29.6 Å². The van der Waals surface area contributed by atoms with Gasteiger partial charge >= 0.3 is 24.1 Å². The number of halogens is 4. The van der Waals surface area contributed by atoms with E-state index in [0.29, 0.717) is 41.3 Å². The van der Waals surface area contributed by atoms with E-state index in [0.717, 1.165) is 51.9 Å². The third kappa shape index (κ3) is 13.7. The molecule has 0 saturated carbocycles. The van der Waals surface area contributed by atoms with Crippen molar-refractivity contribution in [2.75, 3.05) is 77.3 Å². The van der Waals surface area contributed by atoms with Crippen LogP contribution in [0.5, 0.6) is 34.5 Å². The molecule has 2 unspecified atom stereocenters. The number of ether oxygens (including phenoxy) is 6. The van der Waals surface area contributed by atoms with Crippen molar-refractivity contribution in [3.63, 3.8) is 0 Å². The van der Waals surface area contributed by atoms with Gasteiger partial charge in [0.2, 0.25) is 0 Å². The van der Waals surface area contributed by atoms with E-state index < -0.39 is 36.3 Å². The molecule has 0 aliphatic carbocycles. The van der Waals surface area contributed by atoms with Crippen LogP contribution in [-0.2, 0) is 19.1 Å². The van der Waals surface area contributed by atoms with Gasteiger partial charge in [-0.25, -0.2) is 9.97 Å². The summed E-state index contributed by atoms with van der Waals surface area (Å²) < 4.78 is 62.8. The fraction of sp³-hybridized carbons (Fsp3) is 0.388. The number of hydrogen-bond donors (Lipinski definition) is 4. The molecule has 0 amide bonds. The molecular weight excluding hydrogens is 1010 g/mol. The Kier molecular flexibility index (Phi) is 18.1. The van der Waals surface area contributed by atoms with E-state index in [1.807, 2.05) is 0 Å². The molecule has 8 rings (SSSR count). The molecule has 2 aliphatic rings. The van der Waals surface area contributed by atoms with Crippen LogP contribution in [0.3, 0.4) is 0 Å². The van der Waals surface area contributed by atoms with E-state index in [4.69, 9.17) is 40.0 Å². The molecule has 0 spiro atoms. The summed E-state index contributed by atoms with van der Waals surface area (Å²) in [4.78, 5) is 43.1. The largest absolute Gasteiger partial charge is 0.506 e. The number of rotatable bonds is 18. The van der Waals surface area contributed by atoms with E-state index in [2.05, 4.69) is 56.3 Å². The Labute approximate surface area is 421 Å². The Morgan fingerprint density at radius 3 is 1.55 bits per heavy atom. The highest BCUT2D eigenvalue weighted by Crippen LogP contribution is 2.47. The third-order valence-corrected chi connectivity index (χ3v) is 12.3. The fourth-order valence-electron chi connectivity index (χ4n) is 8.42. The molecule has 18 nitrogen and oxygen atoms in total. The first-order valence-electron chi connectivity index (χ1n) is 22.8. The summed E-state index contributed by atoms with van der Waals surface area (Å²) in [6, 6.07) is 16.3. The van der Waals surface area contributed by atoms with Crippen LogP contribution in [0.25, 0.3) is 21.8 Å². The lowest BCUT2D eigenvalue weighted by atomic mass is 10.1. The zero-order valence-corrected chi connectivity index (χ0v) is 41.8.